The van der Waals surface area contributed by atoms with E-state index in [0.717, 1.165) is 49.2 Å². The van der Waals surface area contributed by atoms with E-state index in [9.17, 15) is 14.4 Å². The number of hydrogen-bond acceptors (Lipinski definition) is 4. The third-order valence-electron chi connectivity index (χ3n) is 4.86. The third-order valence-corrected chi connectivity index (χ3v) is 4.86. The molecule has 0 radical (unpaired) electrons. The Kier molecular flexibility index (Phi) is 5.65. The van der Waals surface area contributed by atoms with Gasteiger partial charge in [-0.25, -0.2) is 9.18 Å². The maximum Gasteiger partial charge on any atom is 0.340 e. The first-order valence-corrected chi connectivity index (χ1v) is 8.68. The van der Waals surface area contributed by atoms with Crippen LogP contribution in [-0.2, 0) is 17.7 Å². The molecule has 0 amide bonds. The summed E-state index contributed by atoms with van der Waals surface area (Å²) in [6.45, 7) is 2.65. The van der Waals surface area contributed by atoms with Crippen LogP contribution in [0.5, 0.6) is 0 Å². The predicted octanol–water partition coefficient (Wildman–Crippen LogP) is 3.55. The van der Waals surface area contributed by atoms with Crippen LogP contribution < -0.4 is 0 Å². The summed E-state index contributed by atoms with van der Waals surface area (Å²) in [6, 6.07) is 14.6. The van der Waals surface area contributed by atoms with Gasteiger partial charge in [0.15, 0.2) is 0 Å². The molecular formula is C21H21FN2O2. The molecular weight excluding hydrogens is 331 g/mol. The molecule has 134 valence electrons. The van der Waals surface area contributed by atoms with E-state index < -0.39 is 11.8 Å². The standard InChI is InChI=1S/C21H21FN2O2/c1-26-21(25)19-11-15(6-7-20(19)22)10-16-8-9-24(13-16)14-18-5-3-2-4-17(18)12-23/h2-7,11,16H,8-10,13-14H2,1H3. The van der Waals surface area contributed by atoms with Gasteiger partial charge < -0.3 is 4.74 Å². The Morgan fingerprint density at radius 2 is 2.15 bits per heavy atom. The first-order chi connectivity index (χ1) is 12.6. The number of halogens is 1. The highest BCUT2D eigenvalue weighted by molar-refractivity contribution is 5.89. The summed E-state index contributed by atoms with van der Waals surface area (Å²) in [7, 11) is 1.25. The van der Waals surface area contributed by atoms with E-state index in [1.807, 2.05) is 24.3 Å². The molecule has 1 saturated heterocycles. The van der Waals surface area contributed by atoms with Crippen molar-refractivity contribution in [1.82, 2.24) is 4.90 Å². The monoisotopic (exact) mass is 352 g/mol. The Morgan fingerprint density at radius 1 is 1.35 bits per heavy atom. The van der Waals surface area contributed by atoms with Crippen molar-refractivity contribution in [2.75, 3.05) is 20.2 Å². The Bertz CT molecular complexity index is 844. The molecule has 1 aliphatic heterocycles. The van der Waals surface area contributed by atoms with Crippen LogP contribution in [-0.4, -0.2) is 31.1 Å². The molecule has 5 heteroatoms. The van der Waals surface area contributed by atoms with Gasteiger partial charge >= 0.3 is 5.97 Å². The van der Waals surface area contributed by atoms with Crippen LogP contribution in [0.2, 0.25) is 0 Å². The lowest BCUT2D eigenvalue weighted by Crippen LogP contribution is -2.21. The molecule has 4 nitrogen and oxygen atoms in total. The summed E-state index contributed by atoms with van der Waals surface area (Å²) in [5.74, 6) is -0.757. The maximum atomic E-state index is 13.8. The fourth-order valence-electron chi connectivity index (χ4n) is 3.53. The minimum Gasteiger partial charge on any atom is -0.465 e. The van der Waals surface area contributed by atoms with Gasteiger partial charge in [0.05, 0.1) is 24.3 Å². The average Bonchev–Trinajstić information content (AvgIpc) is 3.10. The topological polar surface area (TPSA) is 53.3 Å². The number of methoxy groups -OCH3 is 1. The number of benzene rings is 2. The number of carbonyl (C=O) groups is 1. The zero-order valence-electron chi connectivity index (χ0n) is 14.7. The van der Waals surface area contributed by atoms with Crippen molar-refractivity contribution in [1.29, 1.82) is 5.26 Å². The van der Waals surface area contributed by atoms with Crippen LogP contribution >= 0.6 is 0 Å². The zero-order valence-corrected chi connectivity index (χ0v) is 14.7. The molecule has 1 unspecified atom stereocenters. The fraction of sp³-hybridized carbons (Fsp3) is 0.333. The van der Waals surface area contributed by atoms with Gasteiger partial charge in [0.1, 0.15) is 5.82 Å². The van der Waals surface area contributed by atoms with Crippen LogP contribution in [0.4, 0.5) is 4.39 Å². The minimum absolute atomic E-state index is 0.0113. The fourth-order valence-corrected chi connectivity index (χ4v) is 3.53. The lowest BCUT2D eigenvalue weighted by atomic mass is 9.97. The molecule has 0 aliphatic carbocycles. The SMILES string of the molecule is COC(=O)c1cc(CC2CCN(Cc3ccccc3C#N)C2)ccc1F. The van der Waals surface area contributed by atoms with Crippen molar-refractivity contribution in [3.05, 3.63) is 70.5 Å². The lowest BCUT2D eigenvalue weighted by molar-refractivity contribution is 0.0595. The highest BCUT2D eigenvalue weighted by Gasteiger charge is 2.24. The lowest BCUT2D eigenvalue weighted by Gasteiger charge is -2.17. The summed E-state index contributed by atoms with van der Waals surface area (Å²) < 4.78 is 18.4. The van der Waals surface area contributed by atoms with Crippen molar-refractivity contribution in [3.8, 4) is 6.07 Å². The van der Waals surface area contributed by atoms with Crippen molar-refractivity contribution in [3.63, 3.8) is 0 Å². The second-order valence-electron chi connectivity index (χ2n) is 6.67. The van der Waals surface area contributed by atoms with E-state index >= 15 is 0 Å². The van der Waals surface area contributed by atoms with Crippen LogP contribution in [0.15, 0.2) is 42.5 Å². The number of nitriles is 1. The van der Waals surface area contributed by atoms with Crippen molar-refractivity contribution in [2.45, 2.75) is 19.4 Å². The Morgan fingerprint density at radius 3 is 2.92 bits per heavy atom. The van der Waals surface area contributed by atoms with Gasteiger partial charge in [-0.15, -0.1) is 0 Å². The van der Waals surface area contributed by atoms with Crippen LogP contribution in [0.1, 0.15) is 33.5 Å². The summed E-state index contributed by atoms with van der Waals surface area (Å²) in [4.78, 5) is 14.0. The van der Waals surface area contributed by atoms with E-state index in [1.54, 1.807) is 12.1 Å². The van der Waals surface area contributed by atoms with Gasteiger partial charge in [-0.3, -0.25) is 4.90 Å². The van der Waals surface area contributed by atoms with Crippen molar-refractivity contribution in [2.24, 2.45) is 5.92 Å². The second-order valence-corrected chi connectivity index (χ2v) is 6.67. The number of carbonyl (C=O) groups excluding carboxylic acids is 1. The molecule has 1 atom stereocenters. The van der Waals surface area contributed by atoms with E-state index in [1.165, 1.54) is 13.2 Å². The third kappa shape index (κ3) is 4.09. The Balaban J connectivity index is 1.63. The maximum absolute atomic E-state index is 13.8. The highest BCUT2D eigenvalue weighted by atomic mass is 19.1. The number of nitrogens with zero attached hydrogens (tertiary/aromatic N) is 2. The Hall–Kier alpha value is -2.71. The molecule has 1 heterocycles. The van der Waals surface area contributed by atoms with Gasteiger partial charge in [0.2, 0.25) is 0 Å². The number of likely N-dealkylation sites (tertiary alicyclic amines) is 1. The molecule has 26 heavy (non-hydrogen) atoms. The molecule has 0 bridgehead atoms. The Labute approximate surface area is 152 Å². The van der Waals surface area contributed by atoms with Crippen molar-refractivity contribution >= 4 is 5.97 Å². The molecule has 1 aliphatic rings. The van der Waals surface area contributed by atoms with E-state index in [4.69, 9.17) is 0 Å². The zero-order chi connectivity index (χ0) is 18.5. The number of hydrogen-bond donors (Lipinski definition) is 0. The normalized spacial score (nSPS) is 17.0. The molecule has 2 aromatic carbocycles. The number of ether oxygens (including phenoxy) is 1. The van der Waals surface area contributed by atoms with Crippen LogP contribution in [0.3, 0.4) is 0 Å². The van der Waals surface area contributed by atoms with Crippen molar-refractivity contribution < 1.29 is 13.9 Å². The summed E-state index contributed by atoms with van der Waals surface area (Å²) in [6.07, 6.45) is 1.83. The predicted molar refractivity (Wildman–Crippen MR) is 96.0 cm³/mol. The summed E-state index contributed by atoms with van der Waals surface area (Å²) >= 11 is 0. The van der Waals surface area contributed by atoms with Gasteiger partial charge in [-0.2, -0.15) is 5.26 Å². The van der Waals surface area contributed by atoms with Gasteiger partial charge in [0.25, 0.3) is 0 Å². The van der Waals surface area contributed by atoms with Crippen LogP contribution in [0, 0.1) is 23.1 Å². The molecule has 0 saturated carbocycles. The van der Waals surface area contributed by atoms with E-state index in [-0.39, 0.29) is 5.56 Å². The van der Waals surface area contributed by atoms with Gasteiger partial charge in [-0.05, 0) is 54.6 Å². The smallest absolute Gasteiger partial charge is 0.340 e. The summed E-state index contributed by atoms with van der Waals surface area (Å²) in [5.41, 5.74) is 2.70. The average molecular weight is 352 g/mol. The number of rotatable bonds is 5. The first-order valence-electron chi connectivity index (χ1n) is 8.68. The quantitative estimate of drug-likeness (QED) is 0.772. The molecule has 3 rings (SSSR count). The van der Waals surface area contributed by atoms with Gasteiger partial charge in [-0.1, -0.05) is 24.3 Å². The second kappa shape index (κ2) is 8.11. The van der Waals surface area contributed by atoms with E-state index in [0.29, 0.717) is 5.92 Å². The van der Waals surface area contributed by atoms with Crippen LogP contribution in [0.25, 0.3) is 0 Å². The molecule has 0 N–H and O–H groups in total. The number of esters is 1. The molecule has 1 fully saturated rings. The molecule has 2 aromatic rings. The molecule has 0 aromatic heterocycles. The highest BCUT2D eigenvalue weighted by Crippen LogP contribution is 2.24. The first kappa shape index (κ1) is 18.1. The van der Waals surface area contributed by atoms with Gasteiger partial charge in [0, 0.05) is 13.1 Å². The van der Waals surface area contributed by atoms with E-state index in [2.05, 4.69) is 15.7 Å². The molecule has 0 spiro atoms. The summed E-state index contributed by atoms with van der Waals surface area (Å²) in [5, 5.41) is 9.22. The minimum atomic E-state index is -0.648. The largest absolute Gasteiger partial charge is 0.465 e.